The second-order valence-corrected chi connectivity index (χ2v) is 21.6. The van der Waals surface area contributed by atoms with Crippen molar-refractivity contribution in [3.63, 3.8) is 0 Å². The first-order valence-electron chi connectivity index (χ1n) is 20.4. The van der Waals surface area contributed by atoms with E-state index < -0.39 is 85.9 Å². The third-order valence-corrected chi connectivity index (χ3v) is 13.0. The predicted octanol–water partition coefficient (Wildman–Crippen LogP) is 9.05. The van der Waals surface area contributed by atoms with E-state index in [1.807, 2.05) is 64.1 Å². The fraction of sp³-hybridized carbons (Fsp3) is 0.435. The molecule has 0 fully saturated rings. The minimum Gasteiger partial charge on any atom is -0.466 e. The lowest BCUT2D eigenvalue weighted by Gasteiger charge is -2.25. The highest BCUT2D eigenvalue weighted by atomic mass is 79.9. The molecule has 0 radical (unpaired) electrons. The Morgan fingerprint density at radius 2 is 1.05 bits per heavy atom. The fourth-order valence-electron chi connectivity index (χ4n) is 6.16. The average molecular weight is 1000 g/mol. The van der Waals surface area contributed by atoms with Crippen LogP contribution in [0.2, 0.25) is 0 Å². The highest BCUT2D eigenvalue weighted by Gasteiger charge is 2.30. The Hall–Kier alpha value is -3.78. The van der Waals surface area contributed by atoms with Crippen LogP contribution in [-0.2, 0) is 41.0 Å². The van der Waals surface area contributed by atoms with E-state index in [2.05, 4.69) is 25.4 Å². The number of carbonyl (C=O) groups excluding carboxylic acids is 2. The summed E-state index contributed by atoms with van der Waals surface area (Å²) in [5, 5.41) is 17.9. The summed E-state index contributed by atoms with van der Waals surface area (Å²) in [7, 11) is -4.53. The summed E-state index contributed by atoms with van der Waals surface area (Å²) in [6.45, 7) is 21.6. The van der Waals surface area contributed by atoms with Gasteiger partial charge in [-0.1, -0.05) is 63.5 Å². The SMILES string of the molecule is CCOC(=O)C[C@H](N[S@](=O)C(C)(C)C)c1cc(-c2c(C)cccc2C)cc(F)c1F.CCOC(=O)C[C@H](N[S@](=O)C(C)(C)C)c1cc(Br)cc(F)c1F.Cc1cccc(C)c1B(O)O. The van der Waals surface area contributed by atoms with E-state index in [0.29, 0.717) is 15.5 Å². The number of esters is 2. The van der Waals surface area contributed by atoms with E-state index in [0.717, 1.165) is 39.9 Å². The predicted molar refractivity (Wildman–Crippen MR) is 251 cm³/mol. The number of hydrogen-bond acceptors (Lipinski definition) is 8. The highest BCUT2D eigenvalue weighted by Crippen LogP contribution is 2.34. The van der Waals surface area contributed by atoms with Crippen molar-refractivity contribution in [2.75, 3.05) is 13.2 Å². The molecule has 4 rings (SSSR count). The minimum atomic E-state index is -1.61. The van der Waals surface area contributed by atoms with Crippen molar-refractivity contribution in [3.05, 3.63) is 122 Å². The summed E-state index contributed by atoms with van der Waals surface area (Å²) in [6.07, 6.45) is -0.537. The molecule has 0 amide bonds. The lowest BCUT2D eigenvalue weighted by Crippen LogP contribution is -2.37. The van der Waals surface area contributed by atoms with Crippen LogP contribution < -0.4 is 14.9 Å². The van der Waals surface area contributed by atoms with Crippen molar-refractivity contribution in [1.29, 1.82) is 0 Å². The summed E-state index contributed by atoms with van der Waals surface area (Å²) in [5.41, 5.74) is 5.44. The van der Waals surface area contributed by atoms with Crippen molar-refractivity contribution in [2.45, 2.75) is 118 Å². The Labute approximate surface area is 388 Å². The maximum Gasteiger partial charge on any atom is 0.488 e. The van der Waals surface area contributed by atoms with Gasteiger partial charge in [-0.25, -0.2) is 35.4 Å². The van der Waals surface area contributed by atoms with E-state index in [4.69, 9.17) is 19.5 Å². The zero-order valence-electron chi connectivity index (χ0n) is 38.4. The summed E-state index contributed by atoms with van der Waals surface area (Å²) in [4.78, 5) is 23.9. The van der Waals surface area contributed by atoms with Gasteiger partial charge in [0.05, 0.1) is 69.6 Å². The molecule has 10 nitrogen and oxygen atoms in total. The summed E-state index contributed by atoms with van der Waals surface area (Å²) in [5.74, 6) is -5.40. The molecule has 0 heterocycles. The first kappa shape index (κ1) is 56.4. The van der Waals surface area contributed by atoms with E-state index in [-0.39, 0.29) is 37.2 Å². The molecule has 0 spiro atoms. The van der Waals surface area contributed by atoms with Crippen LogP contribution in [0.5, 0.6) is 0 Å². The summed E-state index contributed by atoms with van der Waals surface area (Å²) < 4.78 is 96.6. The number of halogens is 5. The van der Waals surface area contributed by atoms with Gasteiger partial charge >= 0.3 is 19.1 Å². The van der Waals surface area contributed by atoms with Gasteiger partial charge in [0.25, 0.3) is 0 Å². The summed E-state index contributed by atoms with van der Waals surface area (Å²) >= 11 is 3.09. The first-order valence-corrected chi connectivity index (χ1v) is 23.5. The van der Waals surface area contributed by atoms with Gasteiger partial charge in [0.1, 0.15) is 0 Å². The number of hydrogen-bond donors (Lipinski definition) is 4. The molecule has 352 valence electrons. The molecule has 4 N–H and O–H groups in total. The molecule has 0 aliphatic carbocycles. The lowest BCUT2D eigenvalue weighted by atomic mass is 9.74. The van der Waals surface area contributed by atoms with Crippen LogP contribution in [0.25, 0.3) is 11.1 Å². The van der Waals surface area contributed by atoms with Crippen LogP contribution in [0.15, 0.2) is 65.1 Å². The quantitative estimate of drug-likeness (QED) is 0.0423. The Bertz CT molecular complexity index is 2250. The van der Waals surface area contributed by atoms with E-state index in [1.165, 1.54) is 12.1 Å². The van der Waals surface area contributed by atoms with Gasteiger partial charge < -0.3 is 19.5 Å². The van der Waals surface area contributed by atoms with Crippen molar-refractivity contribution in [3.8, 4) is 11.1 Å². The van der Waals surface area contributed by atoms with Crippen molar-refractivity contribution in [1.82, 2.24) is 9.44 Å². The molecule has 0 aliphatic heterocycles. The average Bonchev–Trinajstić information content (AvgIpc) is 3.16. The second kappa shape index (κ2) is 25.2. The third kappa shape index (κ3) is 16.9. The monoisotopic (exact) mass is 998 g/mol. The number of nitrogens with one attached hydrogen (secondary N) is 2. The van der Waals surface area contributed by atoms with E-state index in [9.17, 15) is 35.6 Å². The van der Waals surface area contributed by atoms with Gasteiger partial charge in [-0.15, -0.1) is 0 Å². The molecule has 64 heavy (non-hydrogen) atoms. The van der Waals surface area contributed by atoms with Crippen LogP contribution in [-0.4, -0.2) is 60.2 Å². The van der Waals surface area contributed by atoms with Gasteiger partial charge in [0.15, 0.2) is 23.3 Å². The molecule has 4 aromatic rings. The van der Waals surface area contributed by atoms with Crippen molar-refractivity contribution < 1.29 is 55.1 Å². The van der Waals surface area contributed by atoms with Crippen molar-refractivity contribution >= 4 is 62.4 Å². The third-order valence-electron chi connectivity index (χ3n) is 9.36. The Kier molecular flexibility index (Phi) is 22.2. The molecule has 4 atom stereocenters. The number of carbonyl (C=O) groups is 2. The zero-order valence-corrected chi connectivity index (χ0v) is 41.6. The van der Waals surface area contributed by atoms with Crippen molar-refractivity contribution in [2.24, 2.45) is 0 Å². The molecular weight excluding hydrogens is 939 g/mol. The molecule has 4 aromatic carbocycles. The standard InChI is InChI=1S/C23H29F2NO3S.C15H20BrF2NO3S.C8H11BO2/c1-7-29-20(27)13-19(26-30(28)23(4,5)6)17-11-16(12-18(24)22(17)25)21-14(2)9-8-10-15(21)3;1-5-22-13(20)8-12(19-23(21)15(2,3)4)10-6-9(16)7-11(17)14(10)18;1-6-4-3-5-7(2)8(6)9(10)11/h8-12,19,26H,7,13H2,1-6H3;6-7,12,19H,5,8H2,1-4H3;3-5,10-11H,1-2H3/t19-,30+;12-,23+;/m00./s1. The van der Waals surface area contributed by atoms with Crippen LogP contribution in [0.1, 0.15) is 114 Å². The van der Waals surface area contributed by atoms with Gasteiger partial charge in [-0.3, -0.25) is 9.59 Å². The number of aryl methyl sites for hydroxylation is 4. The topological polar surface area (TPSA) is 151 Å². The second-order valence-electron chi connectivity index (χ2n) is 16.7. The van der Waals surface area contributed by atoms with E-state index >= 15 is 0 Å². The van der Waals surface area contributed by atoms with Crippen LogP contribution >= 0.6 is 15.9 Å². The van der Waals surface area contributed by atoms with Gasteiger partial charge in [0, 0.05) is 15.6 Å². The molecule has 0 unspecified atom stereocenters. The minimum absolute atomic E-state index is 0.0571. The van der Waals surface area contributed by atoms with Gasteiger partial charge in [-0.05, 0) is 135 Å². The highest BCUT2D eigenvalue weighted by molar-refractivity contribution is 9.10. The maximum atomic E-state index is 14.9. The molecule has 0 aliphatic rings. The molecule has 0 saturated heterocycles. The lowest BCUT2D eigenvalue weighted by molar-refractivity contribution is -0.144. The molecule has 0 bridgehead atoms. The van der Waals surface area contributed by atoms with Crippen LogP contribution in [0.3, 0.4) is 0 Å². The maximum absolute atomic E-state index is 14.9. The fourth-order valence-corrected chi connectivity index (χ4v) is 8.25. The Balaban J connectivity index is 0.000000364. The number of rotatable bonds is 14. The smallest absolute Gasteiger partial charge is 0.466 e. The largest absolute Gasteiger partial charge is 0.488 e. The number of ether oxygens (including phenoxy) is 2. The van der Waals surface area contributed by atoms with Gasteiger partial charge in [0.2, 0.25) is 0 Å². The number of benzene rings is 4. The first-order chi connectivity index (χ1) is 29.6. The van der Waals surface area contributed by atoms with Crippen LogP contribution in [0.4, 0.5) is 17.6 Å². The van der Waals surface area contributed by atoms with E-state index in [1.54, 1.807) is 55.4 Å². The zero-order chi connectivity index (χ0) is 48.9. The Morgan fingerprint density at radius 3 is 1.41 bits per heavy atom. The molecular formula is C46H60BBrF4N2O8S2. The molecule has 0 aromatic heterocycles. The van der Waals surface area contributed by atoms with Gasteiger partial charge in [-0.2, -0.15) is 0 Å². The van der Waals surface area contributed by atoms with Crippen LogP contribution in [0, 0.1) is 51.0 Å². The normalized spacial score (nSPS) is 13.3. The molecule has 18 heteroatoms. The molecule has 0 saturated carbocycles. The summed E-state index contributed by atoms with van der Waals surface area (Å²) in [6, 6.07) is 14.3. The Morgan fingerprint density at radius 1 is 0.672 bits per heavy atom.